The number of rotatable bonds is 7. The minimum atomic E-state index is -0.406. The van der Waals surface area contributed by atoms with Crippen molar-refractivity contribution in [3.05, 3.63) is 46.1 Å². The Kier molecular flexibility index (Phi) is 5.19. The molecule has 1 aromatic carbocycles. The zero-order chi connectivity index (χ0) is 19.5. The molecule has 28 heavy (non-hydrogen) atoms. The van der Waals surface area contributed by atoms with E-state index < -0.39 is 5.82 Å². The summed E-state index contributed by atoms with van der Waals surface area (Å²) in [5.74, 6) is 0.438. The summed E-state index contributed by atoms with van der Waals surface area (Å²) in [6, 6.07) is 4.27. The Morgan fingerprint density at radius 3 is 3.00 bits per heavy atom. The summed E-state index contributed by atoms with van der Waals surface area (Å²) in [5.41, 5.74) is 1.69. The van der Waals surface area contributed by atoms with E-state index in [9.17, 15) is 9.60 Å². The van der Waals surface area contributed by atoms with Gasteiger partial charge in [0.05, 0.1) is 16.7 Å². The van der Waals surface area contributed by atoms with Gasteiger partial charge in [0.25, 0.3) is 0 Å². The molecule has 4 rings (SSSR count). The van der Waals surface area contributed by atoms with Gasteiger partial charge in [-0.05, 0) is 57.3 Å². The van der Waals surface area contributed by atoms with Gasteiger partial charge in [0.2, 0.25) is 11.7 Å². The molecule has 12 heteroatoms. The first-order valence-corrected chi connectivity index (χ1v) is 9.34. The fourth-order valence-electron chi connectivity index (χ4n) is 2.58. The van der Waals surface area contributed by atoms with Crippen LogP contribution in [0.4, 0.5) is 15.9 Å². The average Bonchev–Trinajstić information content (AvgIpc) is 3.26. The van der Waals surface area contributed by atoms with E-state index in [-0.39, 0.29) is 16.0 Å². The summed E-state index contributed by atoms with van der Waals surface area (Å²) in [7, 11) is 0. The van der Waals surface area contributed by atoms with Gasteiger partial charge in [0, 0.05) is 24.3 Å². The molecule has 0 bridgehead atoms. The molecule has 2 aromatic heterocycles. The van der Waals surface area contributed by atoms with E-state index in [1.165, 1.54) is 31.0 Å². The van der Waals surface area contributed by atoms with Crippen molar-refractivity contribution in [1.82, 2.24) is 25.3 Å². The van der Waals surface area contributed by atoms with Crippen LogP contribution in [0, 0.1) is 5.82 Å². The van der Waals surface area contributed by atoms with E-state index in [1.807, 2.05) is 6.20 Å². The predicted molar refractivity (Wildman–Crippen MR) is 101 cm³/mol. The smallest absolute Gasteiger partial charge is 0.203 e. The molecule has 146 valence electrons. The molecule has 2 heterocycles. The lowest BCUT2D eigenvalue weighted by Gasteiger charge is -2.08. The van der Waals surface area contributed by atoms with Crippen LogP contribution in [0.25, 0.3) is 0 Å². The SMILES string of the molecule is ON=C(Nc1ccc(F)c(Br)c1)c1nonc1NCCn1cc(C2CC2)nn1. The van der Waals surface area contributed by atoms with Gasteiger partial charge in [-0.25, -0.2) is 9.02 Å². The number of nitrogens with zero attached hydrogens (tertiary/aromatic N) is 6. The fraction of sp³-hybridized carbons (Fsp3) is 0.312. The van der Waals surface area contributed by atoms with Crippen LogP contribution in [0.15, 0.2) is 38.7 Å². The third-order valence-electron chi connectivity index (χ3n) is 4.18. The topological polar surface area (TPSA) is 126 Å². The lowest BCUT2D eigenvalue weighted by Crippen LogP contribution is -2.18. The highest BCUT2D eigenvalue weighted by Gasteiger charge is 2.26. The van der Waals surface area contributed by atoms with Crippen molar-refractivity contribution < 1.29 is 14.2 Å². The van der Waals surface area contributed by atoms with E-state index in [0.29, 0.717) is 30.5 Å². The third kappa shape index (κ3) is 4.11. The summed E-state index contributed by atoms with van der Waals surface area (Å²) in [6.45, 7) is 1.05. The molecule has 1 saturated carbocycles. The van der Waals surface area contributed by atoms with Crippen LogP contribution < -0.4 is 10.6 Å². The Morgan fingerprint density at radius 2 is 2.25 bits per heavy atom. The monoisotopic (exact) mass is 450 g/mol. The number of hydrogen-bond acceptors (Lipinski definition) is 8. The highest BCUT2D eigenvalue weighted by Crippen LogP contribution is 2.38. The molecule has 0 unspecified atom stereocenters. The summed E-state index contributed by atoms with van der Waals surface area (Å²) in [6.07, 6.45) is 4.29. The first-order chi connectivity index (χ1) is 13.6. The number of amidine groups is 1. The number of anilines is 2. The first-order valence-electron chi connectivity index (χ1n) is 8.55. The minimum absolute atomic E-state index is 0.000895. The van der Waals surface area contributed by atoms with Crippen LogP contribution in [0.1, 0.15) is 30.1 Å². The average molecular weight is 451 g/mol. The number of halogens is 2. The Labute approximate surface area is 166 Å². The van der Waals surface area contributed by atoms with Crippen LogP contribution in [0.3, 0.4) is 0 Å². The van der Waals surface area contributed by atoms with Crippen LogP contribution >= 0.6 is 15.9 Å². The number of hydrogen-bond donors (Lipinski definition) is 3. The van der Waals surface area contributed by atoms with Gasteiger partial charge >= 0.3 is 0 Å². The second-order valence-electron chi connectivity index (χ2n) is 6.27. The van der Waals surface area contributed by atoms with Gasteiger partial charge < -0.3 is 15.8 Å². The molecule has 1 fully saturated rings. The molecule has 0 aliphatic heterocycles. The van der Waals surface area contributed by atoms with Crippen molar-refractivity contribution in [2.75, 3.05) is 17.2 Å². The van der Waals surface area contributed by atoms with Gasteiger partial charge in [0.15, 0.2) is 5.69 Å². The van der Waals surface area contributed by atoms with Gasteiger partial charge in [-0.2, -0.15) is 0 Å². The van der Waals surface area contributed by atoms with Crippen molar-refractivity contribution >= 4 is 33.3 Å². The molecule has 0 spiro atoms. The molecule has 0 radical (unpaired) electrons. The van der Waals surface area contributed by atoms with Crippen LogP contribution in [-0.4, -0.2) is 42.9 Å². The number of aromatic nitrogens is 5. The molecule has 1 aliphatic rings. The molecule has 0 atom stereocenters. The van der Waals surface area contributed by atoms with Crippen molar-refractivity contribution in [3.8, 4) is 0 Å². The summed E-state index contributed by atoms with van der Waals surface area (Å²) < 4.78 is 20.1. The van der Waals surface area contributed by atoms with E-state index in [2.05, 4.69) is 52.3 Å². The highest BCUT2D eigenvalue weighted by atomic mass is 79.9. The zero-order valence-electron chi connectivity index (χ0n) is 14.5. The van der Waals surface area contributed by atoms with Gasteiger partial charge in [0.1, 0.15) is 5.82 Å². The maximum Gasteiger partial charge on any atom is 0.203 e. The van der Waals surface area contributed by atoms with Gasteiger partial charge in [-0.3, -0.25) is 4.68 Å². The van der Waals surface area contributed by atoms with E-state index >= 15 is 0 Å². The second-order valence-corrected chi connectivity index (χ2v) is 7.13. The largest absolute Gasteiger partial charge is 0.409 e. The lowest BCUT2D eigenvalue weighted by molar-refractivity contribution is 0.305. The van der Waals surface area contributed by atoms with Crippen molar-refractivity contribution in [1.29, 1.82) is 0 Å². The van der Waals surface area contributed by atoms with Crippen molar-refractivity contribution in [2.45, 2.75) is 25.3 Å². The van der Waals surface area contributed by atoms with Crippen LogP contribution in [0.2, 0.25) is 0 Å². The number of nitrogens with one attached hydrogen (secondary N) is 2. The maximum atomic E-state index is 13.4. The molecule has 0 amide bonds. The Bertz CT molecular complexity index is 1000. The zero-order valence-corrected chi connectivity index (χ0v) is 16.1. The summed E-state index contributed by atoms with van der Waals surface area (Å²) >= 11 is 3.10. The molecular weight excluding hydrogens is 435 g/mol. The van der Waals surface area contributed by atoms with Crippen molar-refractivity contribution in [2.24, 2.45) is 5.16 Å². The highest BCUT2D eigenvalue weighted by molar-refractivity contribution is 9.10. The van der Waals surface area contributed by atoms with E-state index in [1.54, 1.807) is 4.68 Å². The molecule has 3 aromatic rings. The normalized spacial score (nSPS) is 14.3. The standard InChI is InChI=1S/C16H16BrFN8O2/c17-11-7-10(3-4-12(11)18)20-16(22-27)14-15(24-28-23-14)19-5-6-26-8-13(21-25-26)9-1-2-9/h3-4,7-9,27H,1-2,5-6H2,(H,19,24)(H,20,22). The molecule has 10 nitrogen and oxygen atoms in total. The Morgan fingerprint density at radius 1 is 1.39 bits per heavy atom. The van der Waals surface area contributed by atoms with E-state index in [0.717, 1.165) is 5.69 Å². The molecular formula is C16H16BrFN8O2. The van der Waals surface area contributed by atoms with Gasteiger partial charge in [-0.1, -0.05) is 10.4 Å². The van der Waals surface area contributed by atoms with Crippen LogP contribution in [0.5, 0.6) is 0 Å². The lowest BCUT2D eigenvalue weighted by atomic mass is 10.3. The molecule has 0 saturated heterocycles. The Hall–Kier alpha value is -3.02. The third-order valence-corrected chi connectivity index (χ3v) is 4.79. The minimum Gasteiger partial charge on any atom is -0.409 e. The Balaban J connectivity index is 1.39. The number of benzene rings is 1. The van der Waals surface area contributed by atoms with Gasteiger partial charge in [-0.15, -0.1) is 5.10 Å². The quantitative estimate of drug-likeness (QED) is 0.217. The van der Waals surface area contributed by atoms with E-state index in [4.69, 9.17) is 4.63 Å². The molecule has 3 N–H and O–H groups in total. The predicted octanol–water partition coefficient (Wildman–Crippen LogP) is 2.80. The van der Waals surface area contributed by atoms with Crippen molar-refractivity contribution in [3.63, 3.8) is 0 Å². The molecule has 1 aliphatic carbocycles. The second kappa shape index (κ2) is 7.92. The first kappa shape index (κ1) is 18.3. The van der Waals surface area contributed by atoms with Crippen LogP contribution in [-0.2, 0) is 6.54 Å². The number of oxime groups is 1. The maximum absolute atomic E-state index is 13.4. The summed E-state index contributed by atoms with van der Waals surface area (Å²) in [5, 5.41) is 34.3. The summed E-state index contributed by atoms with van der Waals surface area (Å²) in [4.78, 5) is 0. The fourth-order valence-corrected chi connectivity index (χ4v) is 2.96.